The SMILES string of the molecule is CC(=O)[C@H]1C=C(C)c2ccccc21. The largest absolute Gasteiger partial charge is 0.299 e. The van der Waals surface area contributed by atoms with Crippen LogP contribution in [0.2, 0.25) is 0 Å². The molecule has 0 saturated carbocycles. The molecule has 13 heavy (non-hydrogen) atoms. The minimum atomic E-state index is -0.00352. The minimum absolute atomic E-state index is 0.00352. The number of rotatable bonds is 1. The molecule has 0 spiro atoms. The Morgan fingerprint density at radius 2 is 2.00 bits per heavy atom. The van der Waals surface area contributed by atoms with Crippen LogP contribution in [0.25, 0.3) is 5.57 Å². The van der Waals surface area contributed by atoms with Crippen LogP contribution in [0.4, 0.5) is 0 Å². The van der Waals surface area contributed by atoms with Crippen LogP contribution >= 0.6 is 0 Å². The van der Waals surface area contributed by atoms with Crippen molar-refractivity contribution in [3.8, 4) is 0 Å². The Bertz CT molecular complexity index is 388. The molecule has 0 aromatic heterocycles. The zero-order chi connectivity index (χ0) is 9.42. The molecule has 0 bridgehead atoms. The fourth-order valence-corrected chi connectivity index (χ4v) is 1.89. The monoisotopic (exact) mass is 172 g/mol. The van der Waals surface area contributed by atoms with Gasteiger partial charge in [-0.15, -0.1) is 0 Å². The summed E-state index contributed by atoms with van der Waals surface area (Å²) in [6, 6.07) is 8.11. The van der Waals surface area contributed by atoms with Crippen molar-refractivity contribution in [2.24, 2.45) is 0 Å². The Kier molecular flexibility index (Phi) is 1.80. The van der Waals surface area contributed by atoms with Crippen LogP contribution in [-0.4, -0.2) is 5.78 Å². The molecule has 1 aromatic carbocycles. The Morgan fingerprint density at radius 1 is 1.31 bits per heavy atom. The van der Waals surface area contributed by atoms with E-state index in [-0.39, 0.29) is 11.7 Å². The molecule has 1 aliphatic rings. The van der Waals surface area contributed by atoms with Crippen LogP contribution in [0.5, 0.6) is 0 Å². The van der Waals surface area contributed by atoms with Crippen LogP contribution in [0.3, 0.4) is 0 Å². The van der Waals surface area contributed by atoms with Gasteiger partial charge in [0.05, 0.1) is 5.92 Å². The molecule has 0 aliphatic heterocycles. The minimum Gasteiger partial charge on any atom is -0.299 e. The van der Waals surface area contributed by atoms with Crippen molar-refractivity contribution in [2.75, 3.05) is 0 Å². The number of carbonyl (C=O) groups is 1. The third kappa shape index (κ3) is 1.21. The number of hydrogen-bond donors (Lipinski definition) is 0. The fraction of sp³-hybridized carbons (Fsp3) is 0.250. The first kappa shape index (κ1) is 8.24. The highest BCUT2D eigenvalue weighted by molar-refractivity contribution is 5.92. The van der Waals surface area contributed by atoms with Gasteiger partial charge in [-0.2, -0.15) is 0 Å². The molecule has 1 nitrogen and oxygen atoms in total. The van der Waals surface area contributed by atoms with E-state index in [1.807, 2.05) is 24.3 Å². The highest BCUT2D eigenvalue weighted by atomic mass is 16.1. The fourth-order valence-electron chi connectivity index (χ4n) is 1.89. The molecule has 2 rings (SSSR count). The molecular formula is C12H12O. The van der Waals surface area contributed by atoms with Gasteiger partial charge in [0.2, 0.25) is 0 Å². The second-order valence-electron chi connectivity index (χ2n) is 3.53. The molecule has 0 radical (unpaired) electrons. The van der Waals surface area contributed by atoms with Gasteiger partial charge < -0.3 is 0 Å². The lowest BCUT2D eigenvalue weighted by Crippen LogP contribution is -2.03. The van der Waals surface area contributed by atoms with E-state index in [2.05, 4.69) is 13.0 Å². The van der Waals surface area contributed by atoms with Crippen LogP contribution in [0.1, 0.15) is 30.9 Å². The molecule has 1 aromatic rings. The smallest absolute Gasteiger partial charge is 0.141 e. The van der Waals surface area contributed by atoms with Gasteiger partial charge in [-0.1, -0.05) is 30.3 Å². The van der Waals surface area contributed by atoms with Crippen LogP contribution in [-0.2, 0) is 4.79 Å². The summed E-state index contributed by atoms with van der Waals surface area (Å²) in [5, 5.41) is 0. The van der Waals surface area contributed by atoms with Crippen molar-refractivity contribution < 1.29 is 4.79 Å². The van der Waals surface area contributed by atoms with Crippen molar-refractivity contribution in [3.63, 3.8) is 0 Å². The lowest BCUT2D eigenvalue weighted by Gasteiger charge is -2.05. The second-order valence-corrected chi connectivity index (χ2v) is 3.53. The highest BCUT2D eigenvalue weighted by Gasteiger charge is 2.23. The Hall–Kier alpha value is -1.37. The number of carbonyl (C=O) groups excluding carboxylic acids is 1. The van der Waals surface area contributed by atoms with E-state index in [1.165, 1.54) is 11.1 Å². The first-order chi connectivity index (χ1) is 6.20. The molecule has 1 heteroatoms. The first-order valence-electron chi connectivity index (χ1n) is 4.48. The summed E-state index contributed by atoms with van der Waals surface area (Å²) in [6.45, 7) is 3.71. The van der Waals surface area contributed by atoms with E-state index in [4.69, 9.17) is 0 Å². The number of benzene rings is 1. The maximum Gasteiger partial charge on any atom is 0.141 e. The van der Waals surface area contributed by atoms with Crippen molar-refractivity contribution >= 4 is 11.4 Å². The average molecular weight is 172 g/mol. The van der Waals surface area contributed by atoms with E-state index in [0.29, 0.717) is 0 Å². The molecule has 1 atom stereocenters. The predicted molar refractivity (Wildman–Crippen MR) is 53.5 cm³/mol. The summed E-state index contributed by atoms with van der Waals surface area (Å²) in [4.78, 5) is 11.3. The molecule has 66 valence electrons. The third-order valence-electron chi connectivity index (χ3n) is 2.58. The topological polar surface area (TPSA) is 17.1 Å². The quantitative estimate of drug-likeness (QED) is 0.636. The Labute approximate surface area is 78.1 Å². The standard InChI is InChI=1S/C12H12O/c1-8-7-12(9(2)13)11-6-4-3-5-10(8)11/h3-7,12H,1-2H3/t12-/m1/s1. The van der Waals surface area contributed by atoms with Crippen molar-refractivity contribution in [1.29, 1.82) is 0 Å². The molecule has 0 heterocycles. The van der Waals surface area contributed by atoms with Gasteiger partial charge in [-0.3, -0.25) is 4.79 Å². The Balaban J connectivity index is 2.56. The summed E-state index contributed by atoms with van der Waals surface area (Å²) < 4.78 is 0. The summed E-state index contributed by atoms with van der Waals surface area (Å²) in [6.07, 6.45) is 2.05. The average Bonchev–Trinajstić information content (AvgIpc) is 2.45. The van der Waals surface area contributed by atoms with Crippen molar-refractivity contribution in [2.45, 2.75) is 19.8 Å². The maximum absolute atomic E-state index is 11.3. The molecule has 0 N–H and O–H groups in total. The summed E-state index contributed by atoms with van der Waals surface area (Å²) in [5.74, 6) is 0.223. The molecule has 1 aliphatic carbocycles. The van der Waals surface area contributed by atoms with Gasteiger partial charge in [0.15, 0.2) is 0 Å². The molecule has 0 saturated heterocycles. The zero-order valence-electron chi connectivity index (χ0n) is 7.87. The van der Waals surface area contributed by atoms with E-state index < -0.39 is 0 Å². The van der Waals surface area contributed by atoms with Gasteiger partial charge in [-0.25, -0.2) is 0 Å². The number of allylic oxidation sites excluding steroid dienone is 2. The number of fused-ring (bicyclic) bond motifs is 1. The number of ketones is 1. The van der Waals surface area contributed by atoms with Gasteiger partial charge in [0, 0.05) is 0 Å². The van der Waals surface area contributed by atoms with Gasteiger partial charge in [0.25, 0.3) is 0 Å². The lowest BCUT2D eigenvalue weighted by atomic mass is 9.97. The van der Waals surface area contributed by atoms with Crippen molar-refractivity contribution in [1.82, 2.24) is 0 Å². The van der Waals surface area contributed by atoms with Crippen molar-refractivity contribution in [3.05, 3.63) is 41.5 Å². The first-order valence-corrected chi connectivity index (χ1v) is 4.48. The maximum atomic E-state index is 11.3. The summed E-state index contributed by atoms with van der Waals surface area (Å²) in [7, 11) is 0. The predicted octanol–water partition coefficient (Wildman–Crippen LogP) is 2.78. The van der Waals surface area contributed by atoms with Crippen LogP contribution in [0, 0.1) is 0 Å². The highest BCUT2D eigenvalue weighted by Crippen LogP contribution is 2.35. The molecule has 0 fully saturated rings. The molecule has 0 amide bonds. The normalized spacial score (nSPS) is 19.5. The van der Waals surface area contributed by atoms with Crippen LogP contribution < -0.4 is 0 Å². The van der Waals surface area contributed by atoms with E-state index >= 15 is 0 Å². The Morgan fingerprint density at radius 3 is 2.69 bits per heavy atom. The number of hydrogen-bond acceptors (Lipinski definition) is 1. The van der Waals surface area contributed by atoms with E-state index in [0.717, 1.165) is 5.56 Å². The van der Waals surface area contributed by atoms with Gasteiger partial charge in [-0.05, 0) is 30.5 Å². The lowest BCUT2D eigenvalue weighted by molar-refractivity contribution is -0.117. The molecular weight excluding hydrogens is 160 g/mol. The third-order valence-corrected chi connectivity index (χ3v) is 2.58. The van der Waals surface area contributed by atoms with Gasteiger partial charge in [0.1, 0.15) is 5.78 Å². The number of Topliss-reactive ketones (excluding diaryl/α,β-unsaturated/α-hetero) is 1. The zero-order valence-corrected chi connectivity index (χ0v) is 7.87. The summed E-state index contributed by atoms with van der Waals surface area (Å²) in [5.41, 5.74) is 3.60. The second kappa shape index (κ2) is 2.84. The summed E-state index contributed by atoms with van der Waals surface area (Å²) >= 11 is 0. The van der Waals surface area contributed by atoms with Gasteiger partial charge >= 0.3 is 0 Å². The van der Waals surface area contributed by atoms with E-state index in [9.17, 15) is 4.79 Å². The van der Waals surface area contributed by atoms with Crippen LogP contribution in [0.15, 0.2) is 30.3 Å². The molecule has 0 unspecified atom stereocenters. The van der Waals surface area contributed by atoms with E-state index in [1.54, 1.807) is 6.92 Å².